The first-order chi connectivity index (χ1) is 23.6. The summed E-state index contributed by atoms with van der Waals surface area (Å²) in [5.74, 6) is -0.328. The third kappa shape index (κ3) is 11.2. The van der Waals surface area contributed by atoms with Crippen LogP contribution in [0, 0.1) is 0 Å². The van der Waals surface area contributed by atoms with Crippen molar-refractivity contribution in [3.05, 3.63) is 83.9 Å². The van der Waals surface area contributed by atoms with Crippen molar-refractivity contribution in [2.75, 3.05) is 86.5 Å². The van der Waals surface area contributed by atoms with Crippen LogP contribution in [0.4, 0.5) is 32.3 Å². The molecule has 3 aromatic carbocycles. The fourth-order valence-electron chi connectivity index (χ4n) is 5.63. The number of morpholine rings is 2. The van der Waals surface area contributed by atoms with Crippen LogP contribution in [-0.4, -0.2) is 99.1 Å². The van der Waals surface area contributed by atoms with Gasteiger partial charge in [-0.15, -0.1) is 0 Å². The zero-order valence-electron chi connectivity index (χ0n) is 28.7. The Morgan fingerprint density at radius 2 is 1.39 bits per heavy atom. The molecule has 12 nitrogen and oxygen atoms in total. The van der Waals surface area contributed by atoms with E-state index in [9.17, 15) is 14.4 Å². The van der Waals surface area contributed by atoms with E-state index in [0.29, 0.717) is 43.2 Å². The van der Waals surface area contributed by atoms with E-state index in [2.05, 4.69) is 25.8 Å². The minimum atomic E-state index is -0.655. The van der Waals surface area contributed by atoms with E-state index in [1.807, 2.05) is 41.3 Å². The first-order valence-electron chi connectivity index (χ1n) is 16.9. The largest absolute Gasteiger partial charge is 0.444 e. The molecule has 0 aromatic heterocycles. The van der Waals surface area contributed by atoms with Crippen molar-refractivity contribution in [3.63, 3.8) is 0 Å². The van der Waals surface area contributed by atoms with Gasteiger partial charge >= 0.3 is 12.1 Å². The Morgan fingerprint density at radius 1 is 0.776 bits per heavy atom. The zero-order chi connectivity index (χ0) is 34.6. The van der Waals surface area contributed by atoms with E-state index < -0.39 is 11.7 Å². The summed E-state index contributed by atoms with van der Waals surface area (Å²) in [6.45, 7) is 13.6. The number of anilines is 4. The van der Waals surface area contributed by atoms with E-state index in [4.69, 9.17) is 14.2 Å². The quantitative estimate of drug-likeness (QED) is 0.231. The van der Waals surface area contributed by atoms with Gasteiger partial charge in [0.15, 0.2) is 0 Å². The SMILES string of the molecule is CC(C)(C)OC(=O)Nc1ccccc1NC(=O)c1ccc(CN(CCCN2CCOCC2)C(=O)Nc2ccc(N3CCOCC3)cc2)cc1. The number of ether oxygens (including phenoxy) is 3. The van der Waals surface area contributed by atoms with E-state index in [1.165, 1.54) is 0 Å². The lowest BCUT2D eigenvalue weighted by atomic mass is 10.1. The standard InChI is InChI=1S/C37H48N6O6/c1-37(2,3)49-36(46)40-33-8-5-4-7-32(33)39-34(44)29-11-9-28(10-12-29)27-43(18-6-17-41-19-23-47-24-20-41)35(45)38-30-13-15-31(16-14-30)42-21-25-48-26-22-42/h4-5,7-16H,6,17-27H2,1-3H3,(H,38,45)(H,39,44)(H,40,46). The van der Waals surface area contributed by atoms with Crippen molar-refractivity contribution in [2.24, 2.45) is 0 Å². The third-order valence-electron chi connectivity index (χ3n) is 8.19. The first kappa shape index (κ1) is 35.7. The normalized spacial score (nSPS) is 15.3. The summed E-state index contributed by atoms with van der Waals surface area (Å²) in [6, 6.07) is 21.9. The average Bonchev–Trinajstić information content (AvgIpc) is 3.09. The maximum absolute atomic E-state index is 13.6. The number of nitrogens with one attached hydrogen (secondary N) is 3. The number of benzene rings is 3. The number of nitrogens with zero attached hydrogens (tertiary/aromatic N) is 3. The van der Waals surface area contributed by atoms with Crippen molar-refractivity contribution in [1.29, 1.82) is 0 Å². The Hall–Kier alpha value is -4.65. The summed E-state index contributed by atoms with van der Waals surface area (Å²) < 4.78 is 16.3. The van der Waals surface area contributed by atoms with Crippen LogP contribution in [0.2, 0.25) is 0 Å². The van der Waals surface area contributed by atoms with Gasteiger partial charge in [0.1, 0.15) is 5.60 Å². The highest BCUT2D eigenvalue weighted by atomic mass is 16.6. The highest BCUT2D eigenvalue weighted by Gasteiger charge is 2.20. The molecule has 3 N–H and O–H groups in total. The van der Waals surface area contributed by atoms with Crippen molar-refractivity contribution in [2.45, 2.75) is 39.3 Å². The van der Waals surface area contributed by atoms with Crippen LogP contribution in [0.15, 0.2) is 72.8 Å². The van der Waals surface area contributed by atoms with Crippen LogP contribution >= 0.6 is 0 Å². The van der Waals surface area contributed by atoms with Gasteiger partial charge in [0.2, 0.25) is 0 Å². The van der Waals surface area contributed by atoms with Crippen LogP contribution in [-0.2, 0) is 20.8 Å². The van der Waals surface area contributed by atoms with Gasteiger partial charge in [0.25, 0.3) is 5.91 Å². The molecule has 0 saturated carbocycles. The first-order valence-corrected chi connectivity index (χ1v) is 16.9. The van der Waals surface area contributed by atoms with Gasteiger partial charge in [-0.25, -0.2) is 9.59 Å². The highest BCUT2D eigenvalue weighted by Crippen LogP contribution is 2.24. The molecule has 262 valence electrons. The fraction of sp³-hybridized carbons (Fsp3) is 0.432. The van der Waals surface area contributed by atoms with Crippen LogP contribution in [0.1, 0.15) is 43.1 Å². The van der Waals surface area contributed by atoms with Crippen molar-refractivity contribution < 1.29 is 28.6 Å². The van der Waals surface area contributed by atoms with Crippen LogP contribution in [0.25, 0.3) is 0 Å². The summed E-state index contributed by atoms with van der Waals surface area (Å²) in [6.07, 6.45) is 0.211. The number of rotatable bonds is 11. The molecule has 0 bridgehead atoms. The lowest BCUT2D eigenvalue weighted by Gasteiger charge is -2.29. The highest BCUT2D eigenvalue weighted by molar-refractivity contribution is 6.06. The second-order valence-corrected chi connectivity index (χ2v) is 13.1. The number of carbonyl (C=O) groups excluding carboxylic acids is 3. The van der Waals surface area contributed by atoms with Crippen LogP contribution < -0.4 is 20.9 Å². The number of hydrogen-bond donors (Lipinski definition) is 3. The van der Waals surface area contributed by atoms with Gasteiger partial charge in [-0.1, -0.05) is 24.3 Å². The molecule has 5 rings (SSSR count). The number of carbonyl (C=O) groups is 3. The van der Waals surface area contributed by atoms with Crippen molar-refractivity contribution >= 4 is 40.8 Å². The van der Waals surface area contributed by atoms with Gasteiger partial charge in [-0.3, -0.25) is 15.0 Å². The van der Waals surface area contributed by atoms with E-state index in [1.54, 1.807) is 57.2 Å². The molecule has 0 atom stereocenters. The van der Waals surface area contributed by atoms with E-state index in [-0.39, 0.29) is 11.9 Å². The number of amides is 4. The Kier molecular flexibility index (Phi) is 12.5. The predicted octanol–water partition coefficient (Wildman–Crippen LogP) is 5.88. The molecule has 2 saturated heterocycles. The maximum atomic E-state index is 13.6. The minimum absolute atomic E-state index is 0.183. The van der Waals surface area contributed by atoms with Crippen LogP contribution in [0.3, 0.4) is 0 Å². The molecule has 12 heteroatoms. The number of para-hydroxylation sites is 2. The smallest absolute Gasteiger partial charge is 0.412 e. The van der Waals surface area contributed by atoms with Gasteiger partial charge in [0.05, 0.1) is 37.8 Å². The maximum Gasteiger partial charge on any atom is 0.412 e. The molecule has 4 amide bonds. The summed E-state index contributed by atoms with van der Waals surface area (Å²) in [4.78, 5) is 45.6. The Bertz CT molecular complexity index is 1530. The number of hydrogen-bond acceptors (Lipinski definition) is 8. The van der Waals surface area contributed by atoms with Crippen molar-refractivity contribution in [3.8, 4) is 0 Å². The number of urea groups is 1. The van der Waals surface area contributed by atoms with Gasteiger partial charge in [0, 0.05) is 62.8 Å². The lowest BCUT2D eigenvalue weighted by molar-refractivity contribution is 0.0365. The zero-order valence-corrected chi connectivity index (χ0v) is 28.7. The lowest BCUT2D eigenvalue weighted by Crippen LogP contribution is -2.40. The molecule has 0 unspecified atom stereocenters. The molecule has 2 fully saturated rings. The van der Waals surface area contributed by atoms with Crippen molar-refractivity contribution in [1.82, 2.24) is 9.80 Å². The third-order valence-corrected chi connectivity index (χ3v) is 8.19. The molecule has 2 aliphatic rings. The summed E-state index contributed by atoms with van der Waals surface area (Å²) >= 11 is 0. The monoisotopic (exact) mass is 672 g/mol. The molecule has 2 aliphatic heterocycles. The van der Waals surface area contributed by atoms with Gasteiger partial charge in [-0.05, 0) is 81.3 Å². The Morgan fingerprint density at radius 3 is 2.02 bits per heavy atom. The summed E-state index contributed by atoms with van der Waals surface area (Å²) in [5.41, 5.74) is 3.40. The molecule has 3 aromatic rings. The summed E-state index contributed by atoms with van der Waals surface area (Å²) in [5, 5.41) is 8.66. The molecule has 0 aliphatic carbocycles. The average molecular weight is 673 g/mol. The molecule has 2 heterocycles. The second-order valence-electron chi connectivity index (χ2n) is 13.1. The fourth-order valence-corrected chi connectivity index (χ4v) is 5.63. The molecule has 0 spiro atoms. The topological polar surface area (TPSA) is 125 Å². The van der Waals surface area contributed by atoms with Crippen LogP contribution in [0.5, 0.6) is 0 Å². The van der Waals surface area contributed by atoms with Gasteiger partial charge < -0.3 is 34.6 Å². The van der Waals surface area contributed by atoms with E-state index in [0.717, 1.165) is 69.3 Å². The minimum Gasteiger partial charge on any atom is -0.444 e. The van der Waals surface area contributed by atoms with E-state index >= 15 is 0 Å². The molecular weight excluding hydrogens is 624 g/mol. The Labute approximate surface area is 288 Å². The Balaban J connectivity index is 1.21. The summed E-state index contributed by atoms with van der Waals surface area (Å²) in [7, 11) is 0. The van der Waals surface area contributed by atoms with Gasteiger partial charge in [-0.2, -0.15) is 0 Å². The molecule has 49 heavy (non-hydrogen) atoms. The molecular formula is C37H48N6O6. The molecule has 0 radical (unpaired) electrons. The second kappa shape index (κ2) is 17.1. The predicted molar refractivity (Wildman–Crippen MR) is 191 cm³/mol.